The number of amides is 2. The van der Waals surface area contributed by atoms with Crippen LogP contribution in [0.25, 0.3) is 0 Å². The van der Waals surface area contributed by atoms with Gasteiger partial charge in [-0.3, -0.25) is 14.5 Å². The Labute approximate surface area is 303 Å². The molecule has 5 aliphatic rings. The summed E-state index contributed by atoms with van der Waals surface area (Å²) in [6.07, 6.45) is 12.3. The van der Waals surface area contributed by atoms with Crippen LogP contribution in [0.15, 0.2) is 48.5 Å². The second kappa shape index (κ2) is 14.8. The van der Waals surface area contributed by atoms with Gasteiger partial charge in [-0.2, -0.15) is 13.6 Å². The number of β-amino-alcohol motifs (C(OH)–C–C–N with tert-alkyl or cyclic N) is 1. The fraction of sp³-hybridized carbons (Fsp3) is 0.650. The Balaban J connectivity index is 0.960. The second-order valence-electron chi connectivity index (χ2n) is 16.5. The van der Waals surface area contributed by atoms with Crippen molar-refractivity contribution in [3.8, 4) is 5.75 Å². The molecule has 1 heterocycles. The summed E-state index contributed by atoms with van der Waals surface area (Å²) < 4.78 is 27.9. The number of aliphatic hydroxyl groups is 1. The molecular formula is C40H56N4O6S. The molecular weight excluding hydrogens is 665 g/mol. The van der Waals surface area contributed by atoms with Gasteiger partial charge in [0.1, 0.15) is 11.8 Å². The van der Waals surface area contributed by atoms with Crippen LogP contribution in [0.1, 0.15) is 100 Å². The van der Waals surface area contributed by atoms with E-state index < -0.39 is 21.9 Å². The largest absolute Gasteiger partial charge is 0.388 e. The molecule has 2 aromatic rings. The number of aryl methyl sites for hydroxylation is 1. The Kier molecular flexibility index (Phi) is 10.6. The molecule has 0 bridgehead atoms. The number of nitrogens with two attached hydrogens (primary N) is 1. The number of piperazine rings is 1. The Morgan fingerprint density at radius 2 is 1.75 bits per heavy atom. The summed E-state index contributed by atoms with van der Waals surface area (Å²) >= 11 is 0. The third kappa shape index (κ3) is 7.87. The number of hydrogen-bond donors (Lipinski definition) is 3. The van der Waals surface area contributed by atoms with E-state index in [2.05, 4.69) is 17.1 Å². The molecule has 11 heteroatoms. The molecule has 4 aliphatic carbocycles. The predicted molar refractivity (Wildman–Crippen MR) is 196 cm³/mol. The number of hydrogen-bond acceptors (Lipinski definition) is 7. The molecule has 2 aromatic carbocycles. The molecule has 2 amide bonds. The quantitative estimate of drug-likeness (QED) is 0.306. The molecule has 0 spiro atoms. The standard InChI is InChI=1S/C40H56N4O6S/c1-39-19-17-33-32-15-13-31(50-51(41,48)49)26-30(32)12-14-34(33)35(39)18-20-40(39,47)27-43-21-23-44(24-22-43)38(46)36(25-29-9-3-2-4-10-29)42-37(45)16-11-28-7-5-6-8-28/h2-4,9-10,13,15,26,28,33-36,47H,5-8,11-12,14,16-25,27H2,1H3,(H,42,45)(H2,41,48,49)/t33-,34-,35+,36+,39+,40-/m1/s1. The monoisotopic (exact) mass is 720 g/mol. The number of carbonyl (C=O) groups excluding carboxylic acids is 2. The SMILES string of the molecule is C[C@]12CC[C@@H]3c4ccc(OS(N)(=O)=O)cc4CC[C@H]3[C@@H]1CC[C@@]2(O)CN1CCN(C(=O)[C@H](Cc2ccccc2)NC(=O)CCC2CCCC2)CC1. The van der Waals surface area contributed by atoms with Crippen LogP contribution in [0.5, 0.6) is 5.75 Å². The van der Waals surface area contributed by atoms with E-state index in [0.29, 0.717) is 69.2 Å². The molecule has 3 saturated carbocycles. The Morgan fingerprint density at radius 1 is 1.00 bits per heavy atom. The fourth-order valence-electron chi connectivity index (χ4n) is 10.8. The molecule has 51 heavy (non-hydrogen) atoms. The van der Waals surface area contributed by atoms with Gasteiger partial charge >= 0.3 is 10.3 Å². The molecule has 10 nitrogen and oxygen atoms in total. The number of benzene rings is 2. The zero-order chi connectivity index (χ0) is 35.8. The first kappa shape index (κ1) is 36.4. The Bertz CT molecular complexity index is 1670. The zero-order valence-electron chi connectivity index (χ0n) is 30.1. The first-order valence-electron chi connectivity index (χ1n) is 19.3. The molecule has 278 valence electrons. The maximum atomic E-state index is 14.0. The van der Waals surface area contributed by atoms with Crippen LogP contribution in [0.4, 0.5) is 0 Å². The topological polar surface area (TPSA) is 142 Å². The third-order valence-electron chi connectivity index (χ3n) is 13.6. The van der Waals surface area contributed by atoms with Crippen molar-refractivity contribution in [1.29, 1.82) is 0 Å². The van der Waals surface area contributed by atoms with Crippen molar-refractivity contribution in [1.82, 2.24) is 15.1 Å². The molecule has 0 unspecified atom stereocenters. The number of nitrogens with zero attached hydrogens (tertiary/aromatic N) is 2. The average Bonchev–Trinajstić information content (AvgIpc) is 3.72. The van der Waals surface area contributed by atoms with Crippen LogP contribution in [0.3, 0.4) is 0 Å². The van der Waals surface area contributed by atoms with Crippen molar-refractivity contribution in [2.45, 2.75) is 108 Å². The molecule has 4 fully saturated rings. The lowest BCUT2D eigenvalue weighted by molar-refractivity contribution is -0.140. The highest BCUT2D eigenvalue weighted by Crippen LogP contribution is 2.64. The lowest BCUT2D eigenvalue weighted by Crippen LogP contribution is -2.60. The van der Waals surface area contributed by atoms with Gasteiger partial charge < -0.3 is 19.5 Å². The van der Waals surface area contributed by atoms with Crippen molar-refractivity contribution in [2.24, 2.45) is 28.3 Å². The smallest absolute Gasteiger partial charge is 0.380 e. The minimum absolute atomic E-state index is 0.0152. The molecule has 1 aliphatic heterocycles. The first-order chi connectivity index (χ1) is 24.4. The van der Waals surface area contributed by atoms with E-state index in [-0.39, 0.29) is 23.0 Å². The van der Waals surface area contributed by atoms with Gasteiger partial charge in [0.05, 0.1) is 5.60 Å². The number of carbonyl (C=O) groups is 2. The van der Waals surface area contributed by atoms with E-state index in [1.165, 1.54) is 31.2 Å². The van der Waals surface area contributed by atoms with Crippen LogP contribution >= 0.6 is 0 Å². The minimum Gasteiger partial charge on any atom is -0.388 e. The summed E-state index contributed by atoms with van der Waals surface area (Å²) in [5.74, 6) is 2.12. The van der Waals surface area contributed by atoms with Crippen molar-refractivity contribution < 1.29 is 27.3 Å². The third-order valence-corrected chi connectivity index (χ3v) is 14.0. The van der Waals surface area contributed by atoms with Crippen LogP contribution < -0.4 is 14.6 Å². The van der Waals surface area contributed by atoms with Crippen molar-refractivity contribution in [2.75, 3.05) is 32.7 Å². The number of nitrogens with one attached hydrogen (secondary N) is 1. The number of fused-ring (bicyclic) bond motifs is 5. The van der Waals surface area contributed by atoms with Gasteiger partial charge in [0.25, 0.3) is 0 Å². The van der Waals surface area contributed by atoms with Gasteiger partial charge in [0.2, 0.25) is 11.8 Å². The molecule has 1 saturated heterocycles. The second-order valence-corrected chi connectivity index (χ2v) is 17.6. The van der Waals surface area contributed by atoms with Crippen LogP contribution in [-0.4, -0.2) is 79.5 Å². The van der Waals surface area contributed by atoms with Crippen molar-refractivity contribution >= 4 is 22.1 Å². The van der Waals surface area contributed by atoms with Crippen LogP contribution in [0.2, 0.25) is 0 Å². The summed E-state index contributed by atoms with van der Waals surface area (Å²) in [7, 11) is -4.07. The van der Waals surface area contributed by atoms with Gasteiger partial charge in [0.15, 0.2) is 0 Å². The summed E-state index contributed by atoms with van der Waals surface area (Å²) in [5.41, 5.74) is 2.46. The normalized spacial score (nSPS) is 30.3. The minimum atomic E-state index is -4.07. The van der Waals surface area contributed by atoms with E-state index in [1.54, 1.807) is 6.07 Å². The molecule has 0 aromatic heterocycles. The number of rotatable bonds is 11. The summed E-state index contributed by atoms with van der Waals surface area (Å²) in [6, 6.07) is 14.9. The molecule has 6 atom stereocenters. The zero-order valence-corrected chi connectivity index (χ0v) is 30.9. The van der Waals surface area contributed by atoms with Gasteiger partial charge in [0, 0.05) is 51.0 Å². The van der Waals surface area contributed by atoms with E-state index in [9.17, 15) is 23.1 Å². The lowest BCUT2D eigenvalue weighted by atomic mass is 9.53. The highest BCUT2D eigenvalue weighted by Gasteiger charge is 2.61. The maximum absolute atomic E-state index is 14.0. The van der Waals surface area contributed by atoms with Gasteiger partial charge in [-0.05, 0) is 97.4 Å². The molecule has 4 N–H and O–H groups in total. The first-order valence-corrected chi connectivity index (χ1v) is 20.8. The van der Waals surface area contributed by atoms with E-state index in [0.717, 1.165) is 56.1 Å². The lowest BCUT2D eigenvalue weighted by Gasteiger charge is -2.54. The maximum Gasteiger partial charge on any atom is 0.380 e. The molecule has 7 rings (SSSR count). The predicted octanol–water partition coefficient (Wildman–Crippen LogP) is 4.70. The van der Waals surface area contributed by atoms with Crippen LogP contribution in [0, 0.1) is 23.2 Å². The van der Waals surface area contributed by atoms with E-state index in [1.807, 2.05) is 47.4 Å². The Morgan fingerprint density at radius 3 is 2.47 bits per heavy atom. The van der Waals surface area contributed by atoms with Gasteiger partial charge in [-0.1, -0.05) is 69.0 Å². The highest BCUT2D eigenvalue weighted by molar-refractivity contribution is 7.84. The summed E-state index contributed by atoms with van der Waals surface area (Å²) in [6.45, 7) is 5.47. The van der Waals surface area contributed by atoms with Crippen molar-refractivity contribution in [3.63, 3.8) is 0 Å². The summed E-state index contributed by atoms with van der Waals surface area (Å²) in [5, 5.41) is 20.7. The molecule has 0 radical (unpaired) electrons. The van der Waals surface area contributed by atoms with Crippen molar-refractivity contribution in [3.05, 3.63) is 65.2 Å². The van der Waals surface area contributed by atoms with Gasteiger partial charge in [-0.15, -0.1) is 0 Å². The Hall–Kier alpha value is -2.99. The van der Waals surface area contributed by atoms with E-state index in [4.69, 9.17) is 9.32 Å². The van der Waals surface area contributed by atoms with Crippen LogP contribution in [-0.2, 0) is 32.7 Å². The summed E-state index contributed by atoms with van der Waals surface area (Å²) in [4.78, 5) is 31.3. The average molecular weight is 721 g/mol. The highest BCUT2D eigenvalue weighted by atomic mass is 32.2. The van der Waals surface area contributed by atoms with E-state index >= 15 is 0 Å². The van der Waals surface area contributed by atoms with Gasteiger partial charge in [-0.25, -0.2) is 0 Å². The fourth-order valence-corrected chi connectivity index (χ4v) is 11.2.